The van der Waals surface area contributed by atoms with Crippen molar-refractivity contribution in [3.63, 3.8) is 0 Å². The molecule has 0 unspecified atom stereocenters. The van der Waals surface area contributed by atoms with Gasteiger partial charge in [-0.3, -0.25) is 14.4 Å². The van der Waals surface area contributed by atoms with Gasteiger partial charge in [0.05, 0.1) is 17.4 Å². The molecule has 0 bridgehead atoms. The number of rotatable bonds is 4. The van der Waals surface area contributed by atoms with Crippen molar-refractivity contribution in [1.82, 2.24) is 5.32 Å². The van der Waals surface area contributed by atoms with Gasteiger partial charge in [0.25, 0.3) is 5.91 Å². The number of carbonyl (C=O) groups is 3. The number of ketones is 2. The highest BCUT2D eigenvalue weighted by Gasteiger charge is 2.68. The van der Waals surface area contributed by atoms with Crippen LogP contribution in [0.15, 0.2) is 29.0 Å². The summed E-state index contributed by atoms with van der Waals surface area (Å²) in [4.78, 5) is 39.8. The molecule has 1 heterocycles. The third kappa shape index (κ3) is 4.46. The molecule has 1 aliphatic heterocycles. The third-order valence-corrected chi connectivity index (χ3v) is 9.92. The van der Waals surface area contributed by atoms with Gasteiger partial charge in [0, 0.05) is 40.4 Å². The number of primary amides is 1. The minimum absolute atomic E-state index is 0.0234. The number of piperidine rings is 1. The van der Waals surface area contributed by atoms with Gasteiger partial charge in [-0.15, -0.1) is 0 Å². The highest BCUT2D eigenvalue weighted by atomic mass is 16.4. The van der Waals surface area contributed by atoms with Gasteiger partial charge in [0.1, 0.15) is 22.8 Å². The highest BCUT2D eigenvalue weighted by molar-refractivity contribution is 6.23. The number of carbonyl (C=O) groups excluding carboxylic acids is 3. The van der Waals surface area contributed by atoms with Crippen LogP contribution in [-0.2, 0) is 14.4 Å². The lowest BCUT2D eigenvalue weighted by atomic mass is 9.51. The van der Waals surface area contributed by atoms with Crippen molar-refractivity contribution in [3.8, 4) is 5.75 Å². The maximum absolute atomic E-state index is 14.2. The van der Waals surface area contributed by atoms with Crippen LogP contribution in [0, 0.1) is 23.7 Å². The summed E-state index contributed by atoms with van der Waals surface area (Å²) in [6, 6.07) is 3.40. The van der Waals surface area contributed by atoms with Crippen LogP contribution in [0.2, 0.25) is 0 Å². The van der Waals surface area contributed by atoms with Crippen LogP contribution in [0.4, 0.5) is 5.69 Å². The fourth-order valence-electron chi connectivity index (χ4n) is 8.61. The molecule has 11 heteroatoms. The van der Waals surface area contributed by atoms with Gasteiger partial charge in [-0.05, 0) is 64.0 Å². The Labute approximate surface area is 250 Å². The number of nitrogens with one attached hydrogen (secondary N) is 2. The predicted molar refractivity (Wildman–Crippen MR) is 159 cm³/mol. The molecule has 5 rings (SSSR count). The molecule has 0 spiro atoms. The Hall–Kier alpha value is -3.41. The number of nitrogens with two attached hydrogens (primary N) is 1. The fraction of sp³-hybridized carbons (Fsp3) is 0.594. The normalized spacial score (nSPS) is 33.7. The zero-order valence-corrected chi connectivity index (χ0v) is 25.6. The molecule has 9 N–H and O–H groups in total. The zero-order valence-electron chi connectivity index (χ0n) is 25.6. The maximum atomic E-state index is 14.2. The van der Waals surface area contributed by atoms with Gasteiger partial charge in [-0.25, -0.2) is 0 Å². The molecule has 4 aliphatic rings. The molecule has 1 saturated heterocycles. The number of amides is 1. The summed E-state index contributed by atoms with van der Waals surface area (Å²) in [5, 5.41) is 64.8. The largest absolute Gasteiger partial charge is 0.508 e. The summed E-state index contributed by atoms with van der Waals surface area (Å²) in [5.41, 5.74) is 1.63. The molecule has 3 aliphatic carbocycles. The van der Waals surface area contributed by atoms with E-state index in [1.165, 1.54) is 0 Å². The van der Waals surface area contributed by atoms with Gasteiger partial charge < -0.3 is 41.9 Å². The number of fused-ring (bicyclic) bond motifs is 3. The summed E-state index contributed by atoms with van der Waals surface area (Å²) in [6.45, 7) is 13.4. The lowest BCUT2D eigenvalue weighted by molar-refractivity contribution is -0.171. The van der Waals surface area contributed by atoms with Gasteiger partial charge in [-0.2, -0.15) is 0 Å². The second-order valence-electron chi connectivity index (χ2n) is 14.5. The number of hydrogen-bond donors (Lipinski definition) is 8. The van der Waals surface area contributed by atoms with Crippen molar-refractivity contribution in [2.45, 2.75) is 96.1 Å². The van der Waals surface area contributed by atoms with Crippen molar-refractivity contribution >= 4 is 28.9 Å². The van der Waals surface area contributed by atoms with Crippen LogP contribution in [-0.4, -0.2) is 71.8 Å². The molecule has 1 saturated carbocycles. The lowest BCUT2D eigenvalue weighted by Crippen LogP contribution is -2.67. The van der Waals surface area contributed by atoms with Gasteiger partial charge >= 0.3 is 0 Å². The summed E-state index contributed by atoms with van der Waals surface area (Å²) in [7, 11) is 0. The first-order chi connectivity index (χ1) is 19.7. The number of aliphatic hydroxyl groups is 4. The molecule has 1 aromatic carbocycles. The van der Waals surface area contributed by atoms with Crippen molar-refractivity contribution in [2.24, 2.45) is 29.4 Å². The number of Topliss-reactive ketones (excluding diaryl/α,β-unsaturated/α-hetero) is 2. The Kier molecular flexibility index (Phi) is 7.07. The summed E-state index contributed by atoms with van der Waals surface area (Å²) in [6.07, 6.45) is -0.0856. The minimum atomic E-state index is -2.90. The topological polar surface area (TPSA) is 202 Å². The third-order valence-electron chi connectivity index (χ3n) is 9.92. The lowest BCUT2D eigenvalue weighted by Gasteiger charge is -2.53. The number of aliphatic hydroxyl groups excluding tert-OH is 3. The van der Waals surface area contributed by atoms with Crippen LogP contribution in [0.5, 0.6) is 5.75 Å². The van der Waals surface area contributed by atoms with E-state index in [1.807, 2.05) is 0 Å². The molecule has 1 amide bonds. The fourth-order valence-corrected chi connectivity index (χ4v) is 8.61. The molecule has 11 nitrogen and oxygen atoms in total. The first kappa shape index (κ1) is 31.0. The predicted octanol–water partition coefficient (Wildman–Crippen LogP) is 2.56. The maximum Gasteiger partial charge on any atom is 0.255 e. The van der Waals surface area contributed by atoms with Gasteiger partial charge in [-0.1, -0.05) is 26.8 Å². The Balaban J connectivity index is 1.66. The van der Waals surface area contributed by atoms with E-state index in [1.54, 1.807) is 32.9 Å². The van der Waals surface area contributed by atoms with E-state index >= 15 is 0 Å². The first-order valence-electron chi connectivity index (χ1n) is 14.8. The molecule has 0 aromatic heterocycles. The molecular formula is C32H43N3O8. The van der Waals surface area contributed by atoms with Crippen LogP contribution >= 0.6 is 0 Å². The van der Waals surface area contributed by atoms with E-state index in [9.17, 15) is 39.9 Å². The smallest absolute Gasteiger partial charge is 0.255 e. The van der Waals surface area contributed by atoms with Crippen molar-refractivity contribution in [1.29, 1.82) is 0 Å². The van der Waals surface area contributed by atoms with Crippen molar-refractivity contribution < 1.29 is 39.9 Å². The molecule has 43 heavy (non-hydrogen) atoms. The molecular weight excluding hydrogens is 554 g/mol. The molecule has 6 atom stereocenters. The van der Waals surface area contributed by atoms with E-state index in [-0.39, 0.29) is 28.4 Å². The monoisotopic (exact) mass is 597 g/mol. The molecule has 234 valence electrons. The van der Waals surface area contributed by atoms with Crippen LogP contribution in [0.1, 0.15) is 78.4 Å². The van der Waals surface area contributed by atoms with E-state index in [2.05, 4.69) is 38.3 Å². The van der Waals surface area contributed by atoms with Gasteiger partial charge in [0.15, 0.2) is 11.4 Å². The van der Waals surface area contributed by atoms with Crippen LogP contribution in [0.25, 0.3) is 5.76 Å². The first-order valence-corrected chi connectivity index (χ1v) is 14.8. The van der Waals surface area contributed by atoms with Crippen LogP contribution < -0.4 is 16.4 Å². The number of phenols is 1. The Morgan fingerprint density at radius 2 is 1.65 bits per heavy atom. The quantitative estimate of drug-likeness (QED) is 0.188. The van der Waals surface area contributed by atoms with E-state index in [4.69, 9.17) is 5.73 Å². The average Bonchev–Trinajstić information content (AvgIpc) is 2.85. The second-order valence-corrected chi connectivity index (χ2v) is 14.5. The van der Waals surface area contributed by atoms with E-state index in [0.29, 0.717) is 11.3 Å². The SMILES string of the molecule is CC(C)[C@@H]1C(=O)C(C(N)=O)=C(O)[C@@]2(O)C(=O)C3=C(O)c4c(ccc(NC5CC(C)(C)NC(C)(C)C5)c4O)[C@H](C)[C@H]3[C@H](O)[C@@H]12. The molecule has 2 fully saturated rings. The summed E-state index contributed by atoms with van der Waals surface area (Å²) < 4.78 is 0. The van der Waals surface area contributed by atoms with Crippen molar-refractivity contribution in [3.05, 3.63) is 40.2 Å². The highest BCUT2D eigenvalue weighted by Crippen LogP contribution is 2.58. The summed E-state index contributed by atoms with van der Waals surface area (Å²) >= 11 is 0. The van der Waals surface area contributed by atoms with Gasteiger partial charge in [0.2, 0.25) is 5.78 Å². The van der Waals surface area contributed by atoms with Crippen molar-refractivity contribution in [2.75, 3.05) is 5.32 Å². The Morgan fingerprint density at radius 1 is 1.07 bits per heavy atom. The molecule has 1 aromatic rings. The Bertz CT molecular complexity index is 1480. The Morgan fingerprint density at radius 3 is 2.19 bits per heavy atom. The summed E-state index contributed by atoms with van der Waals surface area (Å²) in [5.74, 6) is -10.5. The number of benzene rings is 1. The van der Waals surface area contributed by atoms with E-state index in [0.717, 1.165) is 12.8 Å². The standard InChI is InChI=1S/C32H43N3O8/c1-12(2)17-22-26(39)18-13(3)15-8-9-16(34-14-10-30(4,5)35-31(6,7)11-14)23(36)19(15)25(38)20(18)27(40)32(22,43)28(41)21(24(17)37)29(33)42/h8-9,12-14,17-18,22,26,34-36,38-39,41,43H,10-11H2,1-7H3,(H2,33,42)/t13-,17-,18+,22+,26-,32-/m0/s1. The number of hydrogen-bond acceptors (Lipinski definition) is 10. The number of anilines is 1. The van der Waals surface area contributed by atoms with Crippen LogP contribution in [0.3, 0.4) is 0 Å². The minimum Gasteiger partial charge on any atom is -0.508 e. The second kappa shape index (κ2) is 9.80. The number of phenolic OH excluding ortho intramolecular Hbond substituents is 1. The average molecular weight is 598 g/mol. The molecule has 0 radical (unpaired) electrons. The zero-order chi connectivity index (χ0) is 32.1. The number of aromatic hydroxyl groups is 1. The van der Waals surface area contributed by atoms with E-state index < -0.39 is 81.4 Å².